The van der Waals surface area contributed by atoms with Crippen molar-refractivity contribution in [3.8, 4) is 0 Å². The van der Waals surface area contributed by atoms with Crippen molar-refractivity contribution in [2.75, 3.05) is 36.4 Å². The van der Waals surface area contributed by atoms with E-state index in [1.165, 1.54) is 10.4 Å². The number of sulfonamides is 1. The number of benzene rings is 3. The number of carbonyl (C=O) groups excluding carboxylic acids is 1. The second-order valence-electron chi connectivity index (χ2n) is 8.21. The Labute approximate surface area is 204 Å². The topological polar surface area (TPSA) is 69.7 Å². The number of hydrogen-bond donors (Lipinski definition) is 1. The summed E-state index contributed by atoms with van der Waals surface area (Å²) in [6.07, 6.45) is 0. The van der Waals surface area contributed by atoms with Crippen LogP contribution < -0.4 is 10.2 Å². The molecule has 0 saturated carbocycles. The Morgan fingerprint density at radius 2 is 1.68 bits per heavy atom. The Balaban J connectivity index is 1.52. The van der Waals surface area contributed by atoms with Gasteiger partial charge in [0.05, 0.1) is 10.5 Å². The number of nitrogens with one attached hydrogen (secondary N) is 1. The molecular formula is C25H25ClFN3O3S. The summed E-state index contributed by atoms with van der Waals surface area (Å²) in [6, 6.07) is 16.1. The van der Waals surface area contributed by atoms with E-state index in [0.717, 1.165) is 28.9 Å². The van der Waals surface area contributed by atoms with Gasteiger partial charge >= 0.3 is 0 Å². The number of rotatable bonds is 5. The Morgan fingerprint density at radius 1 is 0.971 bits per heavy atom. The Morgan fingerprint density at radius 3 is 2.38 bits per heavy atom. The van der Waals surface area contributed by atoms with Crippen molar-refractivity contribution in [2.45, 2.75) is 18.7 Å². The number of piperazine rings is 1. The zero-order chi connectivity index (χ0) is 24.5. The highest BCUT2D eigenvalue weighted by molar-refractivity contribution is 7.89. The largest absolute Gasteiger partial charge is 0.369 e. The van der Waals surface area contributed by atoms with Gasteiger partial charge < -0.3 is 10.2 Å². The first-order valence-corrected chi connectivity index (χ1v) is 12.7. The molecule has 1 fully saturated rings. The molecule has 0 aliphatic carbocycles. The van der Waals surface area contributed by atoms with E-state index in [1.54, 1.807) is 18.2 Å². The van der Waals surface area contributed by atoms with Crippen molar-refractivity contribution in [3.05, 3.63) is 88.2 Å². The Hall–Kier alpha value is -2.94. The maximum atomic E-state index is 14.5. The highest BCUT2D eigenvalue weighted by atomic mass is 35.5. The van der Waals surface area contributed by atoms with Gasteiger partial charge in [-0.1, -0.05) is 29.8 Å². The standard InChI is InChI=1S/C25H25ClFN3O3S/c1-17-5-3-8-24(18(17)2)28-25(31)22-16-21(9-10-23(22)27)34(32,33)30-13-11-29(12-14-30)20-7-4-6-19(26)15-20/h3-10,15-16H,11-14H2,1-2H3,(H,28,31). The van der Waals surface area contributed by atoms with Gasteiger partial charge in [-0.05, 0) is 67.4 Å². The molecule has 9 heteroatoms. The summed E-state index contributed by atoms with van der Waals surface area (Å²) in [4.78, 5) is 14.8. The quantitative estimate of drug-likeness (QED) is 0.542. The van der Waals surface area contributed by atoms with Gasteiger partial charge in [-0.3, -0.25) is 4.79 Å². The molecule has 0 radical (unpaired) electrons. The minimum atomic E-state index is -3.90. The molecule has 0 spiro atoms. The highest BCUT2D eigenvalue weighted by Gasteiger charge is 2.30. The van der Waals surface area contributed by atoms with Gasteiger partial charge in [0.1, 0.15) is 5.82 Å². The van der Waals surface area contributed by atoms with Crippen molar-refractivity contribution < 1.29 is 17.6 Å². The SMILES string of the molecule is Cc1cccc(NC(=O)c2cc(S(=O)(=O)N3CCN(c4cccc(Cl)c4)CC3)ccc2F)c1C. The fourth-order valence-corrected chi connectivity index (χ4v) is 5.56. The molecule has 0 aromatic heterocycles. The van der Waals surface area contributed by atoms with Crippen LogP contribution in [0.1, 0.15) is 21.5 Å². The first-order valence-electron chi connectivity index (χ1n) is 10.8. The van der Waals surface area contributed by atoms with Crippen LogP contribution in [0.15, 0.2) is 65.6 Å². The predicted octanol–water partition coefficient (Wildman–Crippen LogP) is 4.86. The van der Waals surface area contributed by atoms with Gasteiger partial charge in [0.15, 0.2) is 0 Å². The molecule has 3 aromatic rings. The lowest BCUT2D eigenvalue weighted by molar-refractivity contribution is 0.102. The lowest BCUT2D eigenvalue weighted by Gasteiger charge is -2.35. The normalized spacial score (nSPS) is 14.8. The van der Waals surface area contributed by atoms with E-state index >= 15 is 0 Å². The van der Waals surface area contributed by atoms with Crippen LogP contribution in [0.4, 0.5) is 15.8 Å². The monoisotopic (exact) mass is 501 g/mol. The summed E-state index contributed by atoms with van der Waals surface area (Å²) >= 11 is 6.07. The van der Waals surface area contributed by atoms with Crippen LogP contribution in [0.3, 0.4) is 0 Å². The van der Waals surface area contributed by atoms with Crippen molar-refractivity contribution in [3.63, 3.8) is 0 Å². The third-order valence-corrected chi connectivity index (χ3v) is 8.21. The number of anilines is 2. The maximum Gasteiger partial charge on any atom is 0.258 e. The van der Waals surface area contributed by atoms with Gasteiger partial charge in [-0.25, -0.2) is 12.8 Å². The molecule has 1 aliphatic rings. The van der Waals surface area contributed by atoms with E-state index in [2.05, 4.69) is 10.2 Å². The number of halogens is 2. The first-order chi connectivity index (χ1) is 16.2. The average molecular weight is 502 g/mol. The van der Waals surface area contributed by atoms with E-state index in [4.69, 9.17) is 11.6 Å². The van der Waals surface area contributed by atoms with Gasteiger partial charge in [-0.15, -0.1) is 0 Å². The number of nitrogens with zero attached hydrogens (tertiary/aromatic N) is 2. The van der Waals surface area contributed by atoms with Crippen LogP contribution in [-0.4, -0.2) is 44.8 Å². The summed E-state index contributed by atoms with van der Waals surface area (Å²) in [5, 5.41) is 3.31. The van der Waals surface area contributed by atoms with Crippen LogP contribution in [0, 0.1) is 19.7 Å². The second-order valence-corrected chi connectivity index (χ2v) is 10.6. The van der Waals surface area contributed by atoms with Crippen LogP contribution in [-0.2, 0) is 10.0 Å². The summed E-state index contributed by atoms with van der Waals surface area (Å²) in [5.41, 5.74) is 3.00. The molecule has 1 saturated heterocycles. The molecular weight excluding hydrogens is 477 g/mol. The van der Waals surface area contributed by atoms with Crippen molar-refractivity contribution in [1.29, 1.82) is 0 Å². The average Bonchev–Trinajstić information content (AvgIpc) is 2.82. The molecule has 0 unspecified atom stereocenters. The second kappa shape index (κ2) is 9.74. The van der Waals surface area contributed by atoms with Gasteiger partial charge in [0.2, 0.25) is 10.0 Å². The fourth-order valence-electron chi connectivity index (χ4n) is 3.92. The van der Waals surface area contributed by atoms with E-state index < -0.39 is 21.7 Å². The fraction of sp³-hybridized carbons (Fsp3) is 0.240. The molecule has 0 atom stereocenters. The minimum Gasteiger partial charge on any atom is -0.369 e. The Bertz CT molecular complexity index is 1340. The number of amides is 1. The van der Waals surface area contributed by atoms with Crippen LogP contribution in [0.25, 0.3) is 0 Å². The molecule has 178 valence electrons. The molecule has 1 N–H and O–H groups in total. The van der Waals surface area contributed by atoms with Crippen molar-refractivity contribution >= 4 is 38.9 Å². The van der Waals surface area contributed by atoms with Gasteiger partial charge in [0, 0.05) is 42.6 Å². The van der Waals surface area contributed by atoms with Crippen LogP contribution in [0.5, 0.6) is 0 Å². The smallest absolute Gasteiger partial charge is 0.258 e. The zero-order valence-electron chi connectivity index (χ0n) is 18.9. The third kappa shape index (κ3) is 4.94. The summed E-state index contributed by atoms with van der Waals surface area (Å²) in [7, 11) is -3.90. The number of carbonyl (C=O) groups is 1. The maximum absolute atomic E-state index is 14.5. The van der Waals surface area contributed by atoms with Gasteiger partial charge in [0.25, 0.3) is 5.91 Å². The molecule has 3 aromatic carbocycles. The number of hydrogen-bond acceptors (Lipinski definition) is 4. The molecule has 4 rings (SSSR count). The van der Waals surface area contributed by atoms with Crippen LogP contribution in [0.2, 0.25) is 5.02 Å². The lowest BCUT2D eigenvalue weighted by Crippen LogP contribution is -2.48. The summed E-state index contributed by atoms with van der Waals surface area (Å²) in [5.74, 6) is -1.48. The van der Waals surface area contributed by atoms with Crippen molar-refractivity contribution in [2.24, 2.45) is 0 Å². The zero-order valence-corrected chi connectivity index (χ0v) is 20.5. The van der Waals surface area contributed by atoms with E-state index in [1.807, 2.05) is 38.1 Å². The molecule has 1 amide bonds. The molecule has 0 bridgehead atoms. The van der Waals surface area contributed by atoms with Crippen molar-refractivity contribution in [1.82, 2.24) is 4.31 Å². The highest BCUT2D eigenvalue weighted by Crippen LogP contribution is 2.25. The Kier molecular flexibility index (Phi) is 6.93. The molecule has 1 aliphatic heterocycles. The predicted molar refractivity (Wildman–Crippen MR) is 133 cm³/mol. The first kappa shape index (κ1) is 24.2. The summed E-state index contributed by atoms with van der Waals surface area (Å²) < 4.78 is 42.4. The molecule has 1 heterocycles. The summed E-state index contributed by atoms with van der Waals surface area (Å²) in [6.45, 7) is 5.25. The minimum absolute atomic E-state index is 0.115. The molecule has 6 nitrogen and oxygen atoms in total. The third-order valence-electron chi connectivity index (χ3n) is 6.09. The van der Waals surface area contributed by atoms with Crippen LogP contribution >= 0.6 is 11.6 Å². The number of aryl methyl sites for hydroxylation is 1. The van der Waals surface area contributed by atoms with E-state index in [0.29, 0.717) is 23.8 Å². The van der Waals surface area contributed by atoms with E-state index in [-0.39, 0.29) is 23.5 Å². The molecule has 34 heavy (non-hydrogen) atoms. The lowest BCUT2D eigenvalue weighted by atomic mass is 10.1. The van der Waals surface area contributed by atoms with E-state index in [9.17, 15) is 17.6 Å². The van der Waals surface area contributed by atoms with Gasteiger partial charge in [-0.2, -0.15) is 4.31 Å².